The van der Waals surface area contributed by atoms with Gasteiger partial charge in [0.2, 0.25) is 5.91 Å². The van der Waals surface area contributed by atoms with Crippen LogP contribution in [0, 0.1) is 0 Å². The van der Waals surface area contributed by atoms with Gasteiger partial charge in [0.05, 0.1) is 15.3 Å². The number of nitrogens with one attached hydrogen (secondary N) is 1. The monoisotopic (exact) mass is 379 g/mol. The Balaban J connectivity index is 1.67. The molecule has 0 saturated heterocycles. The quantitative estimate of drug-likeness (QED) is 0.652. The van der Waals surface area contributed by atoms with E-state index in [1.807, 2.05) is 38.1 Å². The molecular weight excluding hydrogens is 358 g/mol. The molecule has 0 bridgehead atoms. The lowest BCUT2D eigenvalue weighted by atomic mass is 10.1. The zero-order valence-corrected chi connectivity index (χ0v) is 16.0. The highest BCUT2D eigenvalue weighted by Crippen LogP contribution is 2.22. The van der Waals surface area contributed by atoms with Gasteiger partial charge in [-0.3, -0.25) is 9.59 Å². The smallest absolute Gasteiger partial charge is 0.220 e. The molecule has 4 nitrogen and oxygen atoms in total. The van der Waals surface area contributed by atoms with E-state index in [1.165, 1.54) is 11.3 Å². The molecule has 6 heteroatoms. The van der Waals surface area contributed by atoms with Crippen LogP contribution >= 0.6 is 22.9 Å². The highest BCUT2D eigenvalue weighted by atomic mass is 35.5. The molecule has 0 spiro atoms. The van der Waals surface area contributed by atoms with Crippen molar-refractivity contribution in [3.63, 3.8) is 0 Å². The second-order valence-electron chi connectivity index (χ2n) is 5.94. The summed E-state index contributed by atoms with van der Waals surface area (Å²) in [5.41, 5.74) is 1.13. The lowest BCUT2D eigenvalue weighted by Gasteiger charge is -2.10. The van der Waals surface area contributed by atoms with Crippen LogP contribution in [-0.2, 0) is 11.2 Å². The first-order valence-corrected chi connectivity index (χ1v) is 9.44. The number of ether oxygens (including phenoxy) is 1. The van der Waals surface area contributed by atoms with Gasteiger partial charge in [-0.25, -0.2) is 0 Å². The molecule has 0 saturated carbocycles. The molecule has 0 unspecified atom stereocenters. The van der Waals surface area contributed by atoms with Crippen molar-refractivity contribution in [2.45, 2.75) is 39.2 Å². The van der Waals surface area contributed by atoms with Crippen molar-refractivity contribution >= 4 is 34.6 Å². The fourth-order valence-electron chi connectivity index (χ4n) is 2.26. The number of halogens is 1. The normalized spacial score (nSPS) is 10.7. The third kappa shape index (κ3) is 6.88. The van der Waals surface area contributed by atoms with Gasteiger partial charge in [-0.15, -0.1) is 11.3 Å². The summed E-state index contributed by atoms with van der Waals surface area (Å²) in [6.45, 7) is 4.52. The molecule has 1 heterocycles. The Kier molecular flexibility index (Phi) is 7.47. The Labute approximate surface area is 157 Å². The number of carbonyl (C=O) groups is 2. The van der Waals surface area contributed by atoms with E-state index < -0.39 is 0 Å². The van der Waals surface area contributed by atoms with Gasteiger partial charge in [-0.05, 0) is 50.1 Å². The summed E-state index contributed by atoms with van der Waals surface area (Å²) in [5, 5.41) is 2.84. The SMILES string of the molecule is CC(C)Oc1ccc(CCNC(=O)CCC(=O)c2ccc(Cl)s2)cc1. The topological polar surface area (TPSA) is 55.4 Å². The van der Waals surface area contributed by atoms with Crippen LogP contribution in [0.25, 0.3) is 0 Å². The number of benzene rings is 1. The molecule has 0 aliphatic carbocycles. The van der Waals surface area contributed by atoms with E-state index in [4.69, 9.17) is 16.3 Å². The minimum Gasteiger partial charge on any atom is -0.491 e. The number of hydrogen-bond acceptors (Lipinski definition) is 4. The molecule has 25 heavy (non-hydrogen) atoms. The summed E-state index contributed by atoms with van der Waals surface area (Å²) >= 11 is 7.05. The van der Waals surface area contributed by atoms with Gasteiger partial charge in [-0.1, -0.05) is 23.7 Å². The Hall–Kier alpha value is -1.85. The van der Waals surface area contributed by atoms with E-state index >= 15 is 0 Å². The van der Waals surface area contributed by atoms with Crippen molar-refractivity contribution in [1.29, 1.82) is 0 Å². The summed E-state index contributed by atoms with van der Waals surface area (Å²) < 4.78 is 6.18. The van der Waals surface area contributed by atoms with Crippen LogP contribution in [0.3, 0.4) is 0 Å². The first-order chi connectivity index (χ1) is 11.9. The summed E-state index contributed by atoms with van der Waals surface area (Å²) in [6.07, 6.45) is 1.28. The Morgan fingerprint density at radius 3 is 2.44 bits per heavy atom. The van der Waals surface area contributed by atoms with Crippen LogP contribution in [0.4, 0.5) is 0 Å². The van der Waals surface area contributed by atoms with Crippen LogP contribution < -0.4 is 10.1 Å². The third-order valence-corrected chi connectivity index (χ3v) is 4.73. The number of amides is 1. The van der Waals surface area contributed by atoms with Gasteiger partial charge in [0.15, 0.2) is 5.78 Å². The van der Waals surface area contributed by atoms with Crippen LogP contribution in [-0.4, -0.2) is 24.3 Å². The highest BCUT2D eigenvalue weighted by Gasteiger charge is 2.11. The lowest BCUT2D eigenvalue weighted by molar-refractivity contribution is -0.121. The predicted molar refractivity (Wildman–Crippen MR) is 102 cm³/mol. The molecule has 1 aromatic carbocycles. The molecule has 2 aromatic rings. The van der Waals surface area contributed by atoms with Gasteiger partial charge in [0.25, 0.3) is 0 Å². The first-order valence-electron chi connectivity index (χ1n) is 8.25. The van der Waals surface area contributed by atoms with Crippen LogP contribution in [0.5, 0.6) is 5.75 Å². The van der Waals surface area contributed by atoms with Gasteiger partial charge in [0, 0.05) is 19.4 Å². The van der Waals surface area contributed by atoms with Crippen molar-refractivity contribution in [3.8, 4) is 5.75 Å². The number of hydrogen-bond donors (Lipinski definition) is 1. The molecule has 1 aromatic heterocycles. The zero-order chi connectivity index (χ0) is 18.2. The number of carbonyl (C=O) groups excluding carboxylic acids is 2. The predicted octanol–water partition coefficient (Wildman–Crippen LogP) is 4.51. The molecule has 134 valence electrons. The molecule has 1 amide bonds. The minimum absolute atomic E-state index is 0.0483. The van der Waals surface area contributed by atoms with E-state index in [9.17, 15) is 9.59 Å². The minimum atomic E-state index is -0.115. The number of rotatable bonds is 9. The van der Waals surface area contributed by atoms with Gasteiger partial charge >= 0.3 is 0 Å². The van der Waals surface area contributed by atoms with E-state index in [2.05, 4.69) is 5.32 Å². The Bertz CT molecular complexity index is 710. The maximum absolute atomic E-state index is 11.9. The molecule has 0 radical (unpaired) electrons. The van der Waals surface area contributed by atoms with Crippen molar-refractivity contribution in [1.82, 2.24) is 5.32 Å². The second-order valence-corrected chi connectivity index (χ2v) is 7.65. The van der Waals surface area contributed by atoms with E-state index in [1.54, 1.807) is 12.1 Å². The standard InChI is InChI=1S/C19H22ClNO3S/c1-13(2)24-15-5-3-14(4-6-15)11-12-21-19(23)10-7-16(22)17-8-9-18(20)25-17/h3-6,8-9,13H,7,10-12H2,1-2H3,(H,21,23). The lowest BCUT2D eigenvalue weighted by Crippen LogP contribution is -2.26. The summed E-state index contributed by atoms with van der Waals surface area (Å²) in [7, 11) is 0. The molecule has 0 aliphatic rings. The first kappa shape index (κ1) is 19.5. The average molecular weight is 380 g/mol. The number of Topliss-reactive ketones (excluding diaryl/α,β-unsaturated/α-hetero) is 1. The summed E-state index contributed by atoms with van der Waals surface area (Å²) in [5.74, 6) is 0.679. The van der Waals surface area contributed by atoms with Crippen LogP contribution in [0.15, 0.2) is 36.4 Å². The summed E-state index contributed by atoms with van der Waals surface area (Å²) in [4.78, 5) is 24.4. The van der Waals surface area contributed by atoms with E-state index in [-0.39, 0.29) is 30.6 Å². The molecule has 0 atom stereocenters. The molecule has 1 N–H and O–H groups in total. The number of ketones is 1. The van der Waals surface area contributed by atoms with Crippen molar-refractivity contribution in [3.05, 3.63) is 51.2 Å². The fraction of sp³-hybridized carbons (Fsp3) is 0.368. The Morgan fingerprint density at radius 2 is 1.84 bits per heavy atom. The van der Waals surface area contributed by atoms with E-state index in [0.717, 1.165) is 17.7 Å². The Morgan fingerprint density at radius 1 is 1.12 bits per heavy atom. The maximum atomic E-state index is 11.9. The van der Waals surface area contributed by atoms with Gasteiger partial charge < -0.3 is 10.1 Å². The maximum Gasteiger partial charge on any atom is 0.220 e. The van der Waals surface area contributed by atoms with Crippen molar-refractivity contribution in [2.75, 3.05) is 6.54 Å². The second kappa shape index (κ2) is 9.59. The third-order valence-electron chi connectivity index (χ3n) is 3.46. The zero-order valence-electron chi connectivity index (χ0n) is 14.4. The average Bonchev–Trinajstić information content (AvgIpc) is 3.00. The highest BCUT2D eigenvalue weighted by molar-refractivity contribution is 7.18. The van der Waals surface area contributed by atoms with Crippen molar-refractivity contribution < 1.29 is 14.3 Å². The molecule has 0 fully saturated rings. The number of thiophene rings is 1. The van der Waals surface area contributed by atoms with Crippen LogP contribution in [0.1, 0.15) is 41.9 Å². The van der Waals surface area contributed by atoms with Crippen molar-refractivity contribution in [2.24, 2.45) is 0 Å². The largest absolute Gasteiger partial charge is 0.491 e. The molecule has 0 aliphatic heterocycles. The molecular formula is C19H22ClNO3S. The summed E-state index contributed by atoms with van der Waals surface area (Å²) in [6, 6.07) is 11.2. The van der Waals surface area contributed by atoms with Crippen LogP contribution in [0.2, 0.25) is 4.34 Å². The fourth-order valence-corrected chi connectivity index (χ4v) is 3.27. The van der Waals surface area contributed by atoms with E-state index in [0.29, 0.717) is 15.8 Å². The molecule has 2 rings (SSSR count). The van der Waals surface area contributed by atoms with Gasteiger partial charge in [0.1, 0.15) is 5.75 Å². The van der Waals surface area contributed by atoms with Gasteiger partial charge in [-0.2, -0.15) is 0 Å².